The topological polar surface area (TPSA) is 55.1 Å². The molecule has 1 amide bonds. The van der Waals surface area contributed by atoms with E-state index < -0.39 is 22.7 Å². The van der Waals surface area contributed by atoms with Gasteiger partial charge < -0.3 is 11.1 Å². The number of nitrogens with one attached hydrogen (secondary N) is 1. The summed E-state index contributed by atoms with van der Waals surface area (Å²) in [5, 5.41) is 2.67. The fourth-order valence-corrected chi connectivity index (χ4v) is 1.74. The molecule has 0 heterocycles. The molecule has 0 bridgehead atoms. The highest BCUT2D eigenvalue weighted by Crippen LogP contribution is 2.32. The van der Waals surface area contributed by atoms with Crippen LogP contribution in [0.1, 0.15) is 38.8 Å². The molecule has 0 aromatic heterocycles. The van der Waals surface area contributed by atoms with Crippen LogP contribution in [0.3, 0.4) is 0 Å². The Balaban J connectivity index is 0.00000441. The Morgan fingerprint density at radius 3 is 2.09 bits per heavy atom. The molecule has 7 heteroatoms. The minimum Gasteiger partial charge on any atom is -0.354 e. The summed E-state index contributed by atoms with van der Waals surface area (Å²) in [5.74, 6) is -0.361. The fourth-order valence-electron chi connectivity index (χ4n) is 1.74. The lowest BCUT2D eigenvalue weighted by Gasteiger charge is -2.27. The maximum atomic E-state index is 12.7. The first-order valence-electron chi connectivity index (χ1n) is 6.59. The van der Waals surface area contributed by atoms with Gasteiger partial charge in [0.15, 0.2) is 0 Å². The van der Waals surface area contributed by atoms with E-state index in [1.54, 1.807) is 27.7 Å². The fraction of sp³-hybridized carbons (Fsp3) is 0.533. The zero-order valence-electron chi connectivity index (χ0n) is 13.0. The van der Waals surface area contributed by atoms with Crippen molar-refractivity contribution >= 4 is 18.3 Å². The number of carbonyl (C=O) groups is 1. The molecular weight excluding hydrogens is 317 g/mol. The smallest absolute Gasteiger partial charge is 0.354 e. The van der Waals surface area contributed by atoms with Gasteiger partial charge in [0, 0.05) is 12.1 Å². The summed E-state index contributed by atoms with van der Waals surface area (Å²) >= 11 is 0. The van der Waals surface area contributed by atoms with Crippen LogP contribution in [-0.2, 0) is 16.4 Å². The highest BCUT2D eigenvalue weighted by Gasteiger charge is 2.35. The van der Waals surface area contributed by atoms with Gasteiger partial charge in [0.1, 0.15) is 0 Å². The van der Waals surface area contributed by atoms with Gasteiger partial charge in [-0.25, -0.2) is 0 Å². The van der Waals surface area contributed by atoms with Crippen molar-refractivity contribution in [3.8, 4) is 0 Å². The van der Waals surface area contributed by atoms with Crippen LogP contribution in [0.4, 0.5) is 13.2 Å². The first-order valence-corrected chi connectivity index (χ1v) is 6.59. The molecule has 3 N–H and O–H groups in total. The number of hydrogen-bond acceptors (Lipinski definition) is 2. The van der Waals surface area contributed by atoms with Crippen molar-refractivity contribution in [1.29, 1.82) is 0 Å². The number of alkyl halides is 3. The summed E-state index contributed by atoms with van der Waals surface area (Å²) in [6, 6.07) is 4.82. The summed E-state index contributed by atoms with van der Waals surface area (Å²) in [6.07, 6.45) is -4.43. The zero-order chi connectivity index (χ0) is 16.5. The van der Waals surface area contributed by atoms with Crippen molar-refractivity contribution in [2.24, 2.45) is 5.73 Å². The van der Waals surface area contributed by atoms with Crippen molar-refractivity contribution in [2.75, 3.05) is 6.54 Å². The Bertz CT molecular complexity index is 522. The normalized spacial score (nSPS) is 12.5. The molecule has 0 saturated heterocycles. The Hall–Kier alpha value is -1.27. The summed E-state index contributed by atoms with van der Waals surface area (Å²) in [6.45, 7) is 6.92. The monoisotopic (exact) mass is 338 g/mol. The molecule has 0 fully saturated rings. The zero-order valence-corrected chi connectivity index (χ0v) is 13.9. The van der Waals surface area contributed by atoms with Crippen molar-refractivity contribution in [1.82, 2.24) is 5.32 Å². The summed E-state index contributed by atoms with van der Waals surface area (Å²) in [4.78, 5) is 12.2. The van der Waals surface area contributed by atoms with Gasteiger partial charge in [0.05, 0.1) is 11.0 Å². The largest absolute Gasteiger partial charge is 0.416 e. The maximum Gasteiger partial charge on any atom is 0.416 e. The Morgan fingerprint density at radius 1 is 1.14 bits per heavy atom. The van der Waals surface area contributed by atoms with Gasteiger partial charge in [-0.1, -0.05) is 18.2 Å². The second-order valence-corrected chi connectivity index (χ2v) is 6.37. The molecule has 1 rings (SSSR count). The average molecular weight is 339 g/mol. The summed E-state index contributed by atoms with van der Waals surface area (Å²) < 4.78 is 38.2. The Labute approximate surface area is 134 Å². The molecule has 0 aliphatic rings. The number of benzene rings is 1. The molecule has 0 atom stereocenters. The van der Waals surface area contributed by atoms with E-state index in [2.05, 4.69) is 5.32 Å². The quantitative estimate of drug-likeness (QED) is 0.885. The summed E-state index contributed by atoms with van der Waals surface area (Å²) in [7, 11) is 0. The molecule has 0 aliphatic carbocycles. The lowest BCUT2D eigenvalue weighted by atomic mass is 9.82. The van der Waals surface area contributed by atoms with E-state index in [-0.39, 0.29) is 24.9 Å². The molecular formula is C15H22ClF3N2O. The molecule has 22 heavy (non-hydrogen) atoms. The van der Waals surface area contributed by atoms with Gasteiger partial charge in [0.2, 0.25) is 5.91 Å². The van der Waals surface area contributed by atoms with Crippen LogP contribution in [0.25, 0.3) is 0 Å². The van der Waals surface area contributed by atoms with Crippen molar-refractivity contribution < 1.29 is 18.0 Å². The van der Waals surface area contributed by atoms with Crippen LogP contribution in [0, 0.1) is 0 Å². The molecule has 0 radical (unpaired) electrons. The van der Waals surface area contributed by atoms with Crippen LogP contribution in [0.5, 0.6) is 0 Å². The number of hydrogen-bond donors (Lipinski definition) is 2. The van der Waals surface area contributed by atoms with Gasteiger partial charge in [-0.15, -0.1) is 12.4 Å². The third-order valence-electron chi connectivity index (χ3n) is 3.18. The van der Waals surface area contributed by atoms with E-state index in [1.807, 2.05) is 0 Å². The average Bonchev–Trinajstić information content (AvgIpc) is 2.34. The highest BCUT2D eigenvalue weighted by atomic mass is 35.5. The predicted octanol–water partition coefficient (Wildman–Crippen LogP) is 3.26. The second kappa shape index (κ2) is 6.87. The number of halogens is 4. The molecule has 1 aromatic rings. The van der Waals surface area contributed by atoms with Crippen LogP contribution in [0.15, 0.2) is 24.3 Å². The van der Waals surface area contributed by atoms with Gasteiger partial charge >= 0.3 is 6.18 Å². The van der Waals surface area contributed by atoms with Crippen molar-refractivity contribution in [3.05, 3.63) is 35.4 Å². The van der Waals surface area contributed by atoms with Crippen molar-refractivity contribution in [3.63, 3.8) is 0 Å². The first kappa shape index (κ1) is 20.7. The number of rotatable bonds is 4. The number of carbonyl (C=O) groups excluding carboxylic acids is 1. The molecule has 0 saturated carbocycles. The van der Waals surface area contributed by atoms with Gasteiger partial charge in [-0.2, -0.15) is 13.2 Å². The van der Waals surface area contributed by atoms with Crippen LogP contribution < -0.4 is 11.1 Å². The van der Waals surface area contributed by atoms with E-state index in [1.165, 1.54) is 12.1 Å². The van der Waals surface area contributed by atoms with E-state index in [9.17, 15) is 18.0 Å². The van der Waals surface area contributed by atoms with E-state index >= 15 is 0 Å². The minimum absolute atomic E-state index is 0. The Morgan fingerprint density at radius 2 is 1.64 bits per heavy atom. The molecule has 0 unspecified atom stereocenters. The third kappa shape index (κ3) is 5.50. The van der Waals surface area contributed by atoms with Crippen LogP contribution in [-0.4, -0.2) is 18.0 Å². The maximum absolute atomic E-state index is 12.7. The molecule has 1 aromatic carbocycles. The minimum atomic E-state index is -4.43. The van der Waals surface area contributed by atoms with Crippen LogP contribution in [0.2, 0.25) is 0 Å². The first-order chi connectivity index (χ1) is 9.34. The highest BCUT2D eigenvalue weighted by molar-refractivity contribution is 5.87. The number of amides is 1. The summed E-state index contributed by atoms with van der Waals surface area (Å²) in [5.41, 5.74) is 3.67. The van der Waals surface area contributed by atoms with Crippen molar-refractivity contribution in [2.45, 2.75) is 44.8 Å². The van der Waals surface area contributed by atoms with E-state index in [0.29, 0.717) is 5.56 Å². The Kier molecular flexibility index (Phi) is 6.48. The molecule has 0 spiro atoms. The van der Waals surface area contributed by atoms with E-state index in [4.69, 9.17) is 5.73 Å². The van der Waals surface area contributed by atoms with Gasteiger partial charge in [-0.05, 0) is 39.3 Å². The third-order valence-corrected chi connectivity index (χ3v) is 3.18. The molecule has 3 nitrogen and oxygen atoms in total. The lowest BCUT2D eigenvalue weighted by molar-refractivity contribution is -0.137. The second-order valence-electron chi connectivity index (χ2n) is 6.37. The molecule has 0 aliphatic heterocycles. The SMILES string of the molecule is CC(C)(N)CNC(=O)C(C)(C)c1cccc(C(F)(F)F)c1.Cl. The van der Waals surface area contributed by atoms with Gasteiger partial charge in [-0.3, -0.25) is 4.79 Å². The lowest BCUT2D eigenvalue weighted by Crippen LogP contribution is -2.49. The van der Waals surface area contributed by atoms with Crippen LogP contribution >= 0.6 is 12.4 Å². The number of nitrogens with two attached hydrogens (primary N) is 1. The standard InChI is InChI=1S/C15H21F3N2O.ClH/c1-13(2,19)9-20-12(21)14(3,4)10-6-5-7-11(8-10)15(16,17)18;/h5-8H,9,19H2,1-4H3,(H,20,21);1H. The predicted molar refractivity (Wildman–Crippen MR) is 83.0 cm³/mol. The van der Waals surface area contributed by atoms with E-state index in [0.717, 1.165) is 12.1 Å². The van der Waals surface area contributed by atoms with Gasteiger partial charge in [0.25, 0.3) is 0 Å². The molecule has 126 valence electrons.